The zero-order valence-corrected chi connectivity index (χ0v) is 11.8. The van der Waals surface area contributed by atoms with E-state index in [1.165, 1.54) is 16.0 Å². The minimum absolute atomic E-state index is 0.402. The fraction of sp³-hybridized carbons (Fsp3) is 0.176. The van der Waals surface area contributed by atoms with Crippen LogP contribution in [0.25, 0.3) is 0 Å². The van der Waals surface area contributed by atoms with Crippen LogP contribution in [0.5, 0.6) is 0 Å². The number of nitrogens with two attached hydrogens (primary N) is 1. The molecule has 0 spiro atoms. The second-order valence-corrected chi connectivity index (χ2v) is 5.31. The van der Waals surface area contributed by atoms with E-state index in [2.05, 4.69) is 55.2 Å². The largest absolute Gasteiger partial charge is 0.320 e. The van der Waals surface area contributed by atoms with Crippen LogP contribution in [0.2, 0.25) is 0 Å². The van der Waals surface area contributed by atoms with Crippen molar-refractivity contribution in [2.24, 2.45) is 5.73 Å². The Labute approximate surface area is 119 Å². The van der Waals surface area contributed by atoms with Crippen molar-refractivity contribution in [1.29, 1.82) is 0 Å². The molecule has 0 bridgehead atoms. The van der Waals surface area contributed by atoms with E-state index in [-0.39, 0.29) is 0 Å². The summed E-state index contributed by atoms with van der Waals surface area (Å²) in [6.45, 7) is 2.51. The third-order valence-electron chi connectivity index (χ3n) is 2.76. The Bertz CT molecular complexity index is 591. The van der Waals surface area contributed by atoms with Crippen molar-refractivity contribution in [2.75, 3.05) is 6.54 Å². The van der Waals surface area contributed by atoms with Gasteiger partial charge >= 0.3 is 0 Å². The maximum atomic E-state index is 5.43. The van der Waals surface area contributed by atoms with E-state index in [9.17, 15) is 0 Å². The van der Waals surface area contributed by atoms with Crippen molar-refractivity contribution in [2.45, 2.75) is 17.6 Å². The first-order valence-electron chi connectivity index (χ1n) is 6.26. The summed E-state index contributed by atoms with van der Waals surface area (Å²) < 4.78 is 0. The number of thioether (sulfide) groups is 1. The lowest BCUT2D eigenvalue weighted by Crippen LogP contribution is -1.94. The minimum atomic E-state index is 0.402. The van der Waals surface area contributed by atoms with Crippen LogP contribution in [0, 0.1) is 18.8 Å². The quantitative estimate of drug-likeness (QED) is 0.679. The molecule has 0 aliphatic carbocycles. The van der Waals surface area contributed by atoms with E-state index < -0.39 is 0 Å². The van der Waals surface area contributed by atoms with Crippen molar-refractivity contribution >= 4 is 11.8 Å². The Hall–Kier alpha value is -1.69. The highest BCUT2D eigenvalue weighted by molar-refractivity contribution is 7.98. The summed E-state index contributed by atoms with van der Waals surface area (Å²) >= 11 is 1.83. The number of rotatable bonds is 3. The fourth-order valence-electron chi connectivity index (χ4n) is 1.71. The van der Waals surface area contributed by atoms with Gasteiger partial charge in [-0.2, -0.15) is 0 Å². The van der Waals surface area contributed by atoms with Crippen molar-refractivity contribution in [1.82, 2.24) is 0 Å². The van der Waals surface area contributed by atoms with Gasteiger partial charge in [0.2, 0.25) is 0 Å². The normalized spacial score (nSPS) is 9.79. The first-order chi connectivity index (χ1) is 9.29. The highest BCUT2D eigenvalue weighted by atomic mass is 32.2. The standard InChI is InChI=1S/C17H17NS/c1-14-8-10-17(11-9-14)19-13-16-6-3-2-5-15(16)7-4-12-18/h2-3,5-6,8-11H,12-13,18H2,1H3. The van der Waals surface area contributed by atoms with Crippen LogP contribution in [-0.2, 0) is 5.75 Å². The molecule has 2 heteroatoms. The third-order valence-corrected chi connectivity index (χ3v) is 3.82. The lowest BCUT2D eigenvalue weighted by molar-refractivity contribution is 1.30. The number of hydrogen-bond donors (Lipinski definition) is 1. The Balaban J connectivity index is 2.09. The molecule has 2 aromatic rings. The van der Waals surface area contributed by atoms with Crippen LogP contribution in [-0.4, -0.2) is 6.54 Å². The Morgan fingerprint density at radius 3 is 2.53 bits per heavy atom. The molecular formula is C17H17NS. The van der Waals surface area contributed by atoms with Gasteiger partial charge in [0.15, 0.2) is 0 Å². The van der Waals surface area contributed by atoms with Crippen LogP contribution in [0.4, 0.5) is 0 Å². The Morgan fingerprint density at radius 1 is 1.05 bits per heavy atom. The molecule has 96 valence electrons. The van der Waals surface area contributed by atoms with Crippen LogP contribution in [0.1, 0.15) is 16.7 Å². The molecule has 0 aliphatic rings. The zero-order valence-electron chi connectivity index (χ0n) is 11.0. The molecule has 0 unspecified atom stereocenters. The first-order valence-corrected chi connectivity index (χ1v) is 7.24. The maximum absolute atomic E-state index is 5.43. The van der Waals surface area contributed by atoms with Crippen LogP contribution in [0.3, 0.4) is 0 Å². The molecule has 1 nitrogen and oxygen atoms in total. The second-order valence-electron chi connectivity index (χ2n) is 4.26. The monoisotopic (exact) mass is 267 g/mol. The number of benzene rings is 2. The highest BCUT2D eigenvalue weighted by Gasteiger charge is 2.00. The molecule has 0 aromatic heterocycles. The molecule has 0 fully saturated rings. The van der Waals surface area contributed by atoms with Gasteiger partial charge in [0.05, 0.1) is 6.54 Å². The molecule has 0 atom stereocenters. The van der Waals surface area contributed by atoms with E-state index in [1.807, 2.05) is 23.9 Å². The van der Waals surface area contributed by atoms with E-state index >= 15 is 0 Å². The SMILES string of the molecule is Cc1ccc(SCc2ccccc2C#CCN)cc1. The van der Waals surface area contributed by atoms with Gasteiger partial charge in [-0.1, -0.05) is 47.7 Å². The predicted molar refractivity (Wildman–Crippen MR) is 83.1 cm³/mol. The van der Waals surface area contributed by atoms with Crippen molar-refractivity contribution in [3.8, 4) is 11.8 Å². The minimum Gasteiger partial charge on any atom is -0.320 e. The fourth-order valence-corrected chi connectivity index (χ4v) is 2.61. The van der Waals surface area contributed by atoms with Crippen LogP contribution < -0.4 is 5.73 Å². The smallest absolute Gasteiger partial charge is 0.0555 e. The molecule has 2 N–H and O–H groups in total. The molecule has 19 heavy (non-hydrogen) atoms. The second kappa shape index (κ2) is 7.04. The van der Waals surface area contributed by atoms with E-state index in [4.69, 9.17) is 5.73 Å². The summed E-state index contributed by atoms with van der Waals surface area (Å²) in [4.78, 5) is 1.28. The number of aryl methyl sites for hydroxylation is 1. The van der Waals surface area contributed by atoms with Crippen molar-refractivity contribution < 1.29 is 0 Å². The Kier molecular flexibility index (Phi) is 5.09. The average Bonchev–Trinajstić information content (AvgIpc) is 2.45. The molecule has 0 amide bonds. The molecule has 0 saturated heterocycles. The summed E-state index contributed by atoms with van der Waals surface area (Å²) in [5.74, 6) is 6.98. The van der Waals surface area contributed by atoms with Crippen molar-refractivity contribution in [3.05, 3.63) is 65.2 Å². The molecule has 0 saturated carbocycles. The predicted octanol–water partition coefficient (Wildman–Crippen LogP) is 3.60. The topological polar surface area (TPSA) is 26.0 Å². The summed E-state index contributed by atoms with van der Waals surface area (Å²) in [5.41, 5.74) is 9.05. The maximum Gasteiger partial charge on any atom is 0.0555 e. The van der Waals surface area contributed by atoms with Crippen LogP contribution >= 0.6 is 11.8 Å². The molecule has 2 rings (SSSR count). The van der Waals surface area contributed by atoms with Gasteiger partial charge in [-0.3, -0.25) is 0 Å². The van der Waals surface area contributed by atoms with Crippen LogP contribution in [0.15, 0.2) is 53.4 Å². The molecule has 0 aliphatic heterocycles. The summed E-state index contributed by atoms with van der Waals surface area (Å²) in [5, 5.41) is 0. The van der Waals surface area contributed by atoms with E-state index in [0.717, 1.165) is 11.3 Å². The summed E-state index contributed by atoms with van der Waals surface area (Å²) in [6.07, 6.45) is 0. The number of hydrogen-bond acceptors (Lipinski definition) is 2. The van der Waals surface area contributed by atoms with Crippen molar-refractivity contribution in [3.63, 3.8) is 0 Å². The van der Waals surface area contributed by atoms with Gasteiger partial charge in [-0.15, -0.1) is 11.8 Å². The van der Waals surface area contributed by atoms with E-state index in [0.29, 0.717) is 6.54 Å². The van der Waals surface area contributed by atoms with Gasteiger partial charge < -0.3 is 5.73 Å². The lowest BCUT2D eigenvalue weighted by atomic mass is 10.1. The first kappa shape index (κ1) is 13.7. The highest BCUT2D eigenvalue weighted by Crippen LogP contribution is 2.24. The average molecular weight is 267 g/mol. The summed E-state index contributed by atoms with van der Waals surface area (Å²) in [6, 6.07) is 16.8. The summed E-state index contributed by atoms with van der Waals surface area (Å²) in [7, 11) is 0. The van der Waals surface area contributed by atoms with E-state index in [1.54, 1.807) is 0 Å². The Morgan fingerprint density at radius 2 is 1.79 bits per heavy atom. The lowest BCUT2D eigenvalue weighted by Gasteiger charge is -2.05. The van der Waals surface area contributed by atoms with Gasteiger partial charge in [0, 0.05) is 16.2 Å². The zero-order chi connectivity index (χ0) is 13.5. The molecule has 0 heterocycles. The third kappa shape index (κ3) is 4.17. The molecule has 0 radical (unpaired) electrons. The molecule has 2 aromatic carbocycles. The van der Waals surface area contributed by atoms with Gasteiger partial charge in [-0.05, 0) is 30.7 Å². The van der Waals surface area contributed by atoms with Gasteiger partial charge in [0.1, 0.15) is 0 Å². The van der Waals surface area contributed by atoms with Gasteiger partial charge in [-0.25, -0.2) is 0 Å². The molecular weight excluding hydrogens is 250 g/mol. The van der Waals surface area contributed by atoms with Gasteiger partial charge in [0.25, 0.3) is 0 Å².